The van der Waals surface area contributed by atoms with Gasteiger partial charge < -0.3 is 0 Å². The van der Waals surface area contributed by atoms with E-state index in [4.69, 9.17) is 15.0 Å². The molecular formula is C38H27N5. The fourth-order valence-corrected chi connectivity index (χ4v) is 6.99. The quantitative estimate of drug-likeness (QED) is 0.220. The van der Waals surface area contributed by atoms with Gasteiger partial charge in [0.05, 0.1) is 27.6 Å². The minimum Gasteiger partial charge on any atom is -0.292 e. The molecule has 0 saturated heterocycles. The highest BCUT2D eigenvalue weighted by molar-refractivity contribution is 6.11. The summed E-state index contributed by atoms with van der Waals surface area (Å²) in [6.45, 7) is 4.64. The maximum Gasteiger partial charge on any atom is 0.234 e. The third-order valence-electron chi connectivity index (χ3n) is 9.05. The lowest BCUT2D eigenvalue weighted by Crippen LogP contribution is -2.15. The van der Waals surface area contributed by atoms with Crippen LogP contribution in [0.4, 0.5) is 0 Å². The number of aromatic nitrogens is 5. The molecule has 5 nitrogen and oxygen atoms in total. The van der Waals surface area contributed by atoms with Gasteiger partial charge in [-0.25, -0.2) is 15.0 Å². The van der Waals surface area contributed by atoms with Gasteiger partial charge in [0.1, 0.15) is 5.82 Å². The molecule has 0 spiro atoms. The summed E-state index contributed by atoms with van der Waals surface area (Å²) in [5.74, 6) is 1.46. The van der Waals surface area contributed by atoms with E-state index in [2.05, 4.69) is 102 Å². The maximum atomic E-state index is 5.00. The van der Waals surface area contributed by atoms with Crippen molar-refractivity contribution in [2.45, 2.75) is 19.3 Å². The Bertz CT molecular complexity index is 2360. The molecule has 204 valence electrons. The van der Waals surface area contributed by atoms with Gasteiger partial charge in [-0.2, -0.15) is 0 Å². The topological polar surface area (TPSA) is 48.5 Å². The first-order valence-corrected chi connectivity index (χ1v) is 14.6. The Morgan fingerprint density at radius 1 is 0.558 bits per heavy atom. The number of hydrogen-bond acceptors (Lipinski definition) is 3. The number of hydrogen-bond donors (Lipinski definition) is 0. The van der Waals surface area contributed by atoms with Crippen LogP contribution in [-0.4, -0.2) is 24.1 Å². The molecule has 5 aromatic carbocycles. The van der Waals surface area contributed by atoms with Gasteiger partial charge in [-0.1, -0.05) is 86.6 Å². The summed E-state index contributed by atoms with van der Waals surface area (Å²) < 4.78 is 4.38. The molecule has 5 heteroatoms. The number of rotatable bonds is 3. The van der Waals surface area contributed by atoms with Crippen LogP contribution < -0.4 is 0 Å². The molecule has 0 atom stereocenters. The largest absolute Gasteiger partial charge is 0.292 e. The normalized spacial score (nSPS) is 13.5. The van der Waals surface area contributed by atoms with Gasteiger partial charge in [-0.05, 0) is 64.7 Å². The molecule has 8 aromatic rings. The SMILES string of the molecule is CC1(C)c2ccccc2-c2cc3c4ccccc4n(-c4ncc(-c5nc6ccccc6n5-c5ccccc5)cn4)c3cc21. The summed E-state index contributed by atoms with van der Waals surface area (Å²) >= 11 is 0. The van der Waals surface area contributed by atoms with E-state index < -0.39 is 0 Å². The van der Waals surface area contributed by atoms with Crippen molar-refractivity contribution in [3.8, 4) is 34.2 Å². The zero-order valence-electron chi connectivity index (χ0n) is 23.9. The van der Waals surface area contributed by atoms with Crippen molar-refractivity contribution in [1.82, 2.24) is 24.1 Å². The van der Waals surface area contributed by atoms with E-state index in [0.717, 1.165) is 39.1 Å². The van der Waals surface area contributed by atoms with Crippen molar-refractivity contribution in [2.75, 3.05) is 0 Å². The van der Waals surface area contributed by atoms with Gasteiger partial charge in [0.15, 0.2) is 0 Å². The average Bonchev–Trinajstić information content (AvgIpc) is 3.67. The summed E-state index contributed by atoms with van der Waals surface area (Å²) in [6, 6.07) is 40.6. The second kappa shape index (κ2) is 8.73. The first-order valence-electron chi connectivity index (χ1n) is 14.6. The van der Waals surface area contributed by atoms with Crippen LogP contribution in [0, 0.1) is 0 Å². The molecule has 43 heavy (non-hydrogen) atoms. The summed E-state index contributed by atoms with van der Waals surface area (Å²) in [7, 11) is 0. The molecule has 1 aliphatic rings. The number of para-hydroxylation sites is 4. The van der Waals surface area contributed by atoms with Crippen molar-refractivity contribution >= 4 is 32.8 Å². The van der Waals surface area contributed by atoms with E-state index in [1.807, 2.05) is 48.8 Å². The van der Waals surface area contributed by atoms with Crippen molar-refractivity contribution in [2.24, 2.45) is 0 Å². The van der Waals surface area contributed by atoms with Gasteiger partial charge in [0.25, 0.3) is 0 Å². The maximum absolute atomic E-state index is 5.00. The number of nitrogens with zero attached hydrogens (tertiary/aromatic N) is 5. The van der Waals surface area contributed by atoms with Crippen molar-refractivity contribution < 1.29 is 0 Å². The molecule has 9 rings (SSSR count). The van der Waals surface area contributed by atoms with Gasteiger partial charge in [-0.3, -0.25) is 9.13 Å². The lowest BCUT2D eigenvalue weighted by molar-refractivity contribution is 0.661. The van der Waals surface area contributed by atoms with E-state index in [-0.39, 0.29) is 5.41 Å². The molecule has 0 fully saturated rings. The Balaban J connectivity index is 1.24. The predicted octanol–water partition coefficient (Wildman–Crippen LogP) is 8.89. The van der Waals surface area contributed by atoms with Crippen LogP contribution in [-0.2, 0) is 5.41 Å². The molecule has 0 radical (unpaired) electrons. The predicted molar refractivity (Wildman–Crippen MR) is 174 cm³/mol. The number of benzene rings is 5. The Kier molecular flexibility index (Phi) is 4.89. The van der Waals surface area contributed by atoms with Crippen molar-refractivity contribution in [3.05, 3.63) is 139 Å². The molecule has 0 aliphatic heterocycles. The zero-order chi connectivity index (χ0) is 28.7. The fraction of sp³-hybridized carbons (Fsp3) is 0.0789. The summed E-state index contributed by atoms with van der Waals surface area (Å²) in [5.41, 5.74) is 11.4. The minimum absolute atomic E-state index is 0.0946. The standard InChI is InChI=1S/C38H27N5/c1-38(2)30-16-8-6-14-26(30)28-20-29-27-15-7-10-18-33(27)43(35(29)21-31(28)38)37-39-22-24(23-40-37)36-41-32-17-9-11-19-34(32)42(36)25-12-4-3-5-13-25/h3-23H,1-2H3. The highest BCUT2D eigenvalue weighted by Crippen LogP contribution is 2.50. The highest BCUT2D eigenvalue weighted by atomic mass is 15.2. The van der Waals surface area contributed by atoms with E-state index in [9.17, 15) is 0 Å². The summed E-state index contributed by atoms with van der Waals surface area (Å²) in [5, 5.41) is 2.40. The lowest BCUT2D eigenvalue weighted by Gasteiger charge is -2.21. The third kappa shape index (κ3) is 3.36. The molecule has 1 aliphatic carbocycles. The fourth-order valence-electron chi connectivity index (χ4n) is 6.99. The van der Waals surface area contributed by atoms with E-state index in [1.165, 1.54) is 33.0 Å². The minimum atomic E-state index is -0.0946. The Labute approximate surface area is 248 Å². The van der Waals surface area contributed by atoms with Crippen LogP contribution >= 0.6 is 0 Å². The summed E-state index contributed by atoms with van der Waals surface area (Å²) in [4.78, 5) is 14.9. The first-order chi connectivity index (χ1) is 21.1. The Morgan fingerprint density at radius 3 is 2.09 bits per heavy atom. The van der Waals surface area contributed by atoms with Crippen molar-refractivity contribution in [3.63, 3.8) is 0 Å². The molecule has 3 heterocycles. The second-order valence-electron chi connectivity index (χ2n) is 11.8. The van der Waals surface area contributed by atoms with E-state index >= 15 is 0 Å². The van der Waals surface area contributed by atoms with Gasteiger partial charge in [0.2, 0.25) is 5.95 Å². The van der Waals surface area contributed by atoms with Gasteiger partial charge >= 0.3 is 0 Å². The van der Waals surface area contributed by atoms with Crippen LogP contribution in [0.15, 0.2) is 128 Å². The van der Waals surface area contributed by atoms with Gasteiger partial charge in [0, 0.05) is 34.3 Å². The molecule has 0 N–H and O–H groups in total. The average molecular weight is 554 g/mol. The van der Waals surface area contributed by atoms with Crippen LogP contribution in [0.5, 0.6) is 0 Å². The highest BCUT2D eigenvalue weighted by Gasteiger charge is 2.36. The number of fused-ring (bicyclic) bond motifs is 7. The van der Waals surface area contributed by atoms with Crippen LogP contribution in [0.2, 0.25) is 0 Å². The third-order valence-corrected chi connectivity index (χ3v) is 9.05. The molecular weight excluding hydrogens is 526 g/mol. The first kappa shape index (κ1) is 24.1. The molecule has 3 aromatic heterocycles. The van der Waals surface area contributed by atoms with E-state index in [1.54, 1.807) is 0 Å². The van der Waals surface area contributed by atoms with E-state index in [0.29, 0.717) is 5.95 Å². The monoisotopic (exact) mass is 553 g/mol. The molecule has 0 bridgehead atoms. The number of imidazole rings is 1. The second-order valence-corrected chi connectivity index (χ2v) is 11.8. The smallest absolute Gasteiger partial charge is 0.234 e. The Hall–Kier alpha value is -5.55. The van der Waals surface area contributed by atoms with Crippen molar-refractivity contribution in [1.29, 1.82) is 0 Å². The zero-order valence-corrected chi connectivity index (χ0v) is 23.9. The van der Waals surface area contributed by atoms with Crippen LogP contribution in [0.1, 0.15) is 25.0 Å². The van der Waals surface area contributed by atoms with Gasteiger partial charge in [-0.15, -0.1) is 0 Å². The molecule has 0 saturated carbocycles. The van der Waals surface area contributed by atoms with Crippen LogP contribution in [0.3, 0.4) is 0 Å². The molecule has 0 unspecified atom stereocenters. The lowest BCUT2D eigenvalue weighted by atomic mass is 9.82. The Morgan fingerprint density at radius 2 is 1.26 bits per heavy atom. The summed E-state index contributed by atoms with van der Waals surface area (Å²) in [6.07, 6.45) is 3.80. The van der Waals surface area contributed by atoms with Crippen LogP contribution in [0.25, 0.3) is 67.0 Å². The molecule has 0 amide bonds.